The number of H-pyrrole nitrogens is 1. The molecule has 1 spiro atoms. The van der Waals surface area contributed by atoms with E-state index < -0.39 is 0 Å². The third-order valence-electron chi connectivity index (χ3n) is 5.15. The molecule has 2 aliphatic carbocycles. The zero-order valence-electron chi connectivity index (χ0n) is 12.1. The highest BCUT2D eigenvalue weighted by Crippen LogP contribution is 2.56. The maximum absolute atomic E-state index is 5.98. The van der Waals surface area contributed by atoms with Crippen molar-refractivity contribution in [1.82, 2.24) is 14.9 Å². The van der Waals surface area contributed by atoms with Gasteiger partial charge < -0.3 is 9.72 Å². The molecule has 2 aliphatic rings. The molecule has 2 saturated carbocycles. The number of hydrogen-bond acceptors (Lipinski definition) is 3. The maximum atomic E-state index is 5.98. The zero-order chi connectivity index (χ0) is 13.3. The Kier molecular flexibility index (Phi) is 3.63. The summed E-state index contributed by atoms with van der Waals surface area (Å²) in [6.07, 6.45) is 10.8. The summed E-state index contributed by atoms with van der Waals surface area (Å²) < 4.78 is 5.98. The van der Waals surface area contributed by atoms with Gasteiger partial charge in [0.25, 0.3) is 0 Å². The van der Waals surface area contributed by atoms with Gasteiger partial charge in [-0.3, -0.25) is 4.90 Å². The molecule has 0 unspecified atom stereocenters. The second kappa shape index (κ2) is 5.25. The van der Waals surface area contributed by atoms with Crippen molar-refractivity contribution in [3.05, 3.63) is 18.2 Å². The van der Waals surface area contributed by atoms with E-state index in [9.17, 15) is 0 Å². The van der Waals surface area contributed by atoms with Gasteiger partial charge in [0.1, 0.15) is 0 Å². The van der Waals surface area contributed by atoms with Crippen LogP contribution in [0.25, 0.3) is 0 Å². The molecule has 0 aromatic carbocycles. The van der Waals surface area contributed by atoms with Crippen LogP contribution >= 0.6 is 0 Å². The van der Waals surface area contributed by atoms with E-state index in [1.165, 1.54) is 37.8 Å². The minimum absolute atomic E-state index is 0.435. The van der Waals surface area contributed by atoms with Crippen molar-refractivity contribution in [2.24, 2.45) is 5.41 Å². The number of hydrogen-bond donors (Lipinski definition) is 1. The first-order valence-electron chi connectivity index (χ1n) is 7.55. The molecule has 4 heteroatoms. The van der Waals surface area contributed by atoms with Crippen molar-refractivity contribution in [3.8, 4) is 0 Å². The van der Waals surface area contributed by atoms with Gasteiger partial charge in [-0.1, -0.05) is 12.8 Å². The Morgan fingerprint density at radius 1 is 1.47 bits per heavy atom. The second-order valence-electron chi connectivity index (χ2n) is 6.13. The van der Waals surface area contributed by atoms with Crippen LogP contribution in [0.4, 0.5) is 0 Å². The Balaban J connectivity index is 1.67. The molecule has 1 aromatic heterocycles. The third-order valence-corrected chi connectivity index (χ3v) is 5.15. The van der Waals surface area contributed by atoms with Crippen LogP contribution in [0.3, 0.4) is 0 Å². The van der Waals surface area contributed by atoms with Crippen LogP contribution in [0, 0.1) is 5.41 Å². The predicted octanol–water partition coefficient (Wildman–Crippen LogP) is 2.58. The molecule has 1 aromatic rings. The highest BCUT2D eigenvalue weighted by molar-refractivity contribution is 5.11. The molecular weight excluding hydrogens is 238 g/mol. The maximum Gasteiger partial charge on any atom is 0.0922 e. The van der Waals surface area contributed by atoms with Gasteiger partial charge in [-0.25, -0.2) is 4.98 Å². The summed E-state index contributed by atoms with van der Waals surface area (Å²) >= 11 is 0. The highest BCUT2D eigenvalue weighted by Gasteiger charge is 2.57. The van der Waals surface area contributed by atoms with E-state index >= 15 is 0 Å². The van der Waals surface area contributed by atoms with Crippen LogP contribution in [0.2, 0.25) is 0 Å². The van der Waals surface area contributed by atoms with Gasteiger partial charge in [0.05, 0.1) is 12.4 Å². The molecule has 0 amide bonds. The van der Waals surface area contributed by atoms with Crippen molar-refractivity contribution in [3.63, 3.8) is 0 Å². The van der Waals surface area contributed by atoms with Crippen LogP contribution in [0.5, 0.6) is 0 Å². The van der Waals surface area contributed by atoms with Gasteiger partial charge in [-0.15, -0.1) is 0 Å². The summed E-state index contributed by atoms with van der Waals surface area (Å²) in [5.41, 5.74) is 1.64. The van der Waals surface area contributed by atoms with Crippen molar-refractivity contribution >= 4 is 0 Å². The standard InChI is InChI=1S/C15H25N3O/c1-3-19-14-8-13(15(14)6-4-5-7-15)18(2)10-12-9-16-11-17-12/h9,11,13-14H,3-8,10H2,1-2H3,(H,16,17)/t13-,14+/m1/s1. The quantitative estimate of drug-likeness (QED) is 0.887. The lowest BCUT2D eigenvalue weighted by Crippen LogP contribution is -2.62. The number of nitrogens with zero attached hydrogens (tertiary/aromatic N) is 2. The lowest BCUT2D eigenvalue weighted by atomic mass is 9.60. The fourth-order valence-corrected chi connectivity index (χ4v) is 4.22. The molecule has 4 nitrogen and oxygen atoms in total. The van der Waals surface area contributed by atoms with Crippen LogP contribution < -0.4 is 0 Å². The number of nitrogens with one attached hydrogen (secondary N) is 1. The first-order chi connectivity index (χ1) is 9.26. The summed E-state index contributed by atoms with van der Waals surface area (Å²) in [6.45, 7) is 3.93. The summed E-state index contributed by atoms with van der Waals surface area (Å²) in [6, 6.07) is 0.676. The fraction of sp³-hybridized carbons (Fsp3) is 0.800. The van der Waals surface area contributed by atoms with Crippen molar-refractivity contribution in [2.45, 2.75) is 57.7 Å². The van der Waals surface area contributed by atoms with Crippen molar-refractivity contribution < 1.29 is 4.74 Å². The third kappa shape index (κ3) is 2.21. The van der Waals surface area contributed by atoms with Crippen LogP contribution in [-0.2, 0) is 11.3 Å². The Bertz CT molecular complexity index is 398. The highest BCUT2D eigenvalue weighted by atomic mass is 16.5. The van der Waals surface area contributed by atoms with Crippen molar-refractivity contribution in [2.75, 3.05) is 13.7 Å². The lowest BCUT2D eigenvalue weighted by molar-refractivity contribution is -0.162. The number of ether oxygens (including phenoxy) is 1. The molecule has 0 aliphatic heterocycles. The average molecular weight is 263 g/mol. The predicted molar refractivity (Wildman–Crippen MR) is 74.8 cm³/mol. The summed E-state index contributed by atoms with van der Waals surface area (Å²) in [5.74, 6) is 0. The van der Waals surface area contributed by atoms with Crippen molar-refractivity contribution in [1.29, 1.82) is 0 Å². The van der Waals surface area contributed by atoms with E-state index in [1.807, 2.05) is 6.20 Å². The smallest absolute Gasteiger partial charge is 0.0922 e. The van der Waals surface area contributed by atoms with E-state index in [0.29, 0.717) is 17.6 Å². The molecule has 3 rings (SSSR count). The van der Waals surface area contributed by atoms with Gasteiger partial charge in [-0.05, 0) is 33.2 Å². The van der Waals surface area contributed by atoms with E-state index in [4.69, 9.17) is 4.74 Å². The second-order valence-corrected chi connectivity index (χ2v) is 6.13. The number of aromatic amines is 1. The van der Waals surface area contributed by atoms with Crippen LogP contribution in [-0.4, -0.2) is 40.7 Å². The minimum Gasteiger partial charge on any atom is -0.378 e. The van der Waals surface area contributed by atoms with E-state index in [1.54, 1.807) is 6.33 Å². The Hall–Kier alpha value is -0.870. The molecule has 106 valence electrons. The molecule has 1 heterocycles. The normalized spacial score (nSPS) is 29.0. The van der Waals surface area contributed by atoms with Crippen LogP contribution in [0.1, 0.15) is 44.7 Å². The summed E-state index contributed by atoms with van der Waals surface area (Å²) in [4.78, 5) is 9.80. The minimum atomic E-state index is 0.435. The molecule has 19 heavy (non-hydrogen) atoms. The average Bonchev–Trinajstić information content (AvgIpc) is 3.05. The molecule has 2 atom stereocenters. The molecule has 2 fully saturated rings. The van der Waals surface area contributed by atoms with Gasteiger partial charge in [-0.2, -0.15) is 0 Å². The number of rotatable bonds is 5. The molecular formula is C15H25N3O. The molecule has 1 N–H and O–H groups in total. The molecule has 0 saturated heterocycles. The van der Waals surface area contributed by atoms with Gasteiger partial charge in [0.15, 0.2) is 0 Å². The van der Waals surface area contributed by atoms with E-state index in [2.05, 4.69) is 28.8 Å². The van der Waals surface area contributed by atoms with Gasteiger partial charge in [0, 0.05) is 36.5 Å². The Labute approximate surface area is 115 Å². The first kappa shape index (κ1) is 13.1. The first-order valence-corrected chi connectivity index (χ1v) is 7.55. The Morgan fingerprint density at radius 3 is 2.89 bits per heavy atom. The lowest BCUT2D eigenvalue weighted by Gasteiger charge is -2.57. The SMILES string of the molecule is CCO[C@H]1C[C@@H](N(C)Cc2cnc[nH]2)C12CCCC2. The fourth-order valence-electron chi connectivity index (χ4n) is 4.22. The number of imidazole rings is 1. The monoisotopic (exact) mass is 263 g/mol. The molecule has 0 radical (unpaired) electrons. The van der Waals surface area contributed by atoms with E-state index in [0.717, 1.165) is 13.2 Å². The van der Waals surface area contributed by atoms with Gasteiger partial charge in [0.2, 0.25) is 0 Å². The van der Waals surface area contributed by atoms with Gasteiger partial charge >= 0.3 is 0 Å². The topological polar surface area (TPSA) is 41.1 Å². The zero-order valence-corrected chi connectivity index (χ0v) is 12.1. The van der Waals surface area contributed by atoms with E-state index in [-0.39, 0.29) is 0 Å². The molecule has 0 bridgehead atoms. The summed E-state index contributed by atoms with van der Waals surface area (Å²) in [7, 11) is 2.24. The Morgan fingerprint density at radius 2 is 2.26 bits per heavy atom. The largest absolute Gasteiger partial charge is 0.378 e. The van der Waals surface area contributed by atoms with Crippen LogP contribution in [0.15, 0.2) is 12.5 Å². The number of aromatic nitrogens is 2. The summed E-state index contributed by atoms with van der Waals surface area (Å²) in [5, 5.41) is 0.